The zero-order valence-electron chi connectivity index (χ0n) is 17.7. The Balaban J connectivity index is 1.53. The number of amides is 2. The number of nitrogens with one attached hydrogen (secondary N) is 1. The topological polar surface area (TPSA) is 88.6 Å². The third-order valence-corrected chi connectivity index (χ3v) is 7.27. The molecule has 0 bridgehead atoms. The molecule has 1 aromatic heterocycles. The van der Waals surface area contributed by atoms with Crippen LogP contribution in [0.4, 0.5) is 36.8 Å². The number of likely N-dealkylation sites (tertiary alicyclic amines) is 1. The second-order valence-corrected chi connectivity index (χ2v) is 11.9. The molecule has 1 N–H and O–H groups in total. The summed E-state index contributed by atoms with van der Waals surface area (Å²) in [5.41, 5.74) is 0.357. The zero-order chi connectivity index (χ0) is 24.8. The Morgan fingerprint density at radius 2 is 1.73 bits per heavy atom. The van der Waals surface area contributed by atoms with Crippen molar-refractivity contribution in [3.05, 3.63) is 18.3 Å². The second-order valence-electron chi connectivity index (χ2n) is 8.70. The fourth-order valence-electron chi connectivity index (χ4n) is 3.91. The van der Waals surface area contributed by atoms with Gasteiger partial charge in [-0.3, -0.25) is 9.78 Å². The summed E-state index contributed by atoms with van der Waals surface area (Å²) in [6, 6.07) is 3.13. The standard InChI is InChI=1S/C19H22F6N3O4P/c1-33(2,31)13-4-3-11(10-26-13)27-14(29)12-9-17(12)5-7-28(8-6-17)16(30)32-15(18(20,21)22)19(23,24)25/h3-4,10,12,15H,5-9H2,1-2H3,(H,27,29). The Hall–Kier alpha value is -2.30. The Morgan fingerprint density at radius 3 is 2.18 bits per heavy atom. The lowest BCUT2D eigenvalue weighted by Gasteiger charge is -2.33. The number of carbonyl (C=O) groups is 2. The van der Waals surface area contributed by atoms with Crippen molar-refractivity contribution in [2.75, 3.05) is 31.7 Å². The molecule has 33 heavy (non-hydrogen) atoms. The molecule has 1 unspecified atom stereocenters. The molecule has 14 heteroatoms. The van der Waals surface area contributed by atoms with Crippen LogP contribution < -0.4 is 10.8 Å². The highest BCUT2D eigenvalue weighted by Crippen LogP contribution is 2.59. The van der Waals surface area contributed by atoms with Gasteiger partial charge in [0.2, 0.25) is 5.91 Å². The number of hydrogen-bond donors (Lipinski definition) is 1. The number of alkyl halides is 6. The summed E-state index contributed by atoms with van der Waals surface area (Å²) in [4.78, 5) is 29.3. The number of nitrogens with zero attached hydrogens (tertiary/aromatic N) is 2. The van der Waals surface area contributed by atoms with Crippen molar-refractivity contribution in [3.63, 3.8) is 0 Å². The maximum absolute atomic E-state index is 12.6. The van der Waals surface area contributed by atoms with Gasteiger partial charge in [0.25, 0.3) is 6.10 Å². The van der Waals surface area contributed by atoms with Crippen molar-refractivity contribution in [1.29, 1.82) is 0 Å². The van der Waals surface area contributed by atoms with Crippen molar-refractivity contribution < 1.29 is 45.2 Å². The van der Waals surface area contributed by atoms with E-state index in [2.05, 4.69) is 15.0 Å². The summed E-state index contributed by atoms with van der Waals surface area (Å²) in [5.74, 6) is -0.706. The van der Waals surface area contributed by atoms with E-state index in [-0.39, 0.29) is 31.8 Å². The molecule has 0 radical (unpaired) electrons. The number of aromatic nitrogens is 1. The van der Waals surface area contributed by atoms with E-state index in [0.717, 1.165) is 4.90 Å². The maximum Gasteiger partial charge on any atom is 0.434 e. The van der Waals surface area contributed by atoms with Crippen LogP contribution in [0.1, 0.15) is 19.3 Å². The van der Waals surface area contributed by atoms with Crippen LogP contribution in [0.5, 0.6) is 0 Å². The Kier molecular flexibility index (Phi) is 6.51. The van der Waals surface area contributed by atoms with Crippen molar-refractivity contribution in [2.24, 2.45) is 11.3 Å². The quantitative estimate of drug-likeness (QED) is 0.498. The fourth-order valence-corrected chi connectivity index (χ4v) is 4.68. The van der Waals surface area contributed by atoms with E-state index in [4.69, 9.17) is 0 Å². The van der Waals surface area contributed by atoms with Gasteiger partial charge in [0.05, 0.1) is 17.3 Å². The average Bonchev–Trinajstić information content (AvgIpc) is 3.38. The van der Waals surface area contributed by atoms with Crippen LogP contribution in [-0.2, 0) is 14.1 Å². The predicted octanol–water partition coefficient (Wildman–Crippen LogP) is 4.00. The van der Waals surface area contributed by atoms with Gasteiger partial charge in [0.15, 0.2) is 0 Å². The van der Waals surface area contributed by atoms with Gasteiger partial charge >= 0.3 is 18.4 Å². The van der Waals surface area contributed by atoms with Gasteiger partial charge < -0.3 is 19.5 Å². The zero-order valence-corrected chi connectivity index (χ0v) is 18.6. The highest BCUT2D eigenvalue weighted by Gasteiger charge is 2.61. The maximum atomic E-state index is 12.6. The Bertz CT molecular complexity index is 938. The molecule has 1 saturated carbocycles. The normalized spacial score (nSPS) is 20.6. The third kappa shape index (κ3) is 5.80. The lowest BCUT2D eigenvalue weighted by molar-refractivity contribution is -0.308. The first-order valence-electron chi connectivity index (χ1n) is 9.94. The first-order chi connectivity index (χ1) is 15.0. The van der Waals surface area contributed by atoms with Crippen LogP contribution >= 0.6 is 7.14 Å². The lowest BCUT2D eigenvalue weighted by atomic mass is 9.91. The molecule has 1 saturated heterocycles. The minimum Gasteiger partial charge on any atom is -0.426 e. The number of ether oxygens (including phenoxy) is 1. The number of anilines is 1. The highest BCUT2D eigenvalue weighted by molar-refractivity contribution is 7.69. The summed E-state index contributed by atoms with van der Waals surface area (Å²) in [7, 11) is -2.54. The van der Waals surface area contributed by atoms with Gasteiger partial charge in [-0.25, -0.2) is 4.79 Å². The highest BCUT2D eigenvalue weighted by atomic mass is 31.2. The Morgan fingerprint density at radius 1 is 1.15 bits per heavy atom. The summed E-state index contributed by atoms with van der Waals surface area (Å²) in [5, 5.41) is 2.70. The third-order valence-electron chi connectivity index (χ3n) is 5.90. The number of halogens is 6. The first-order valence-corrected chi connectivity index (χ1v) is 12.5. The molecule has 2 aliphatic rings. The smallest absolute Gasteiger partial charge is 0.426 e. The van der Waals surface area contributed by atoms with E-state index in [1.54, 1.807) is 25.5 Å². The van der Waals surface area contributed by atoms with Gasteiger partial charge in [0.1, 0.15) is 7.14 Å². The summed E-state index contributed by atoms with van der Waals surface area (Å²) in [6.07, 6.45) is -15.1. The average molecular weight is 501 g/mol. The number of piperidine rings is 1. The molecule has 1 aliphatic carbocycles. The molecule has 7 nitrogen and oxygen atoms in total. The molecule has 0 aromatic carbocycles. The SMILES string of the molecule is CP(C)(=O)c1ccc(NC(=O)C2CC23CCN(C(=O)OC(C(F)(F)F)C(F)(F)F)CC3)cn1. The monoisotopic (exact) mass is 501 g/mol. The number of rotatable bonds is 4. The van der Waals surface area contributed by atoms with E-state index < -0.39 is 43.0 Å². The van der Waals surface area contributed by atoms with E-state index in [0.29, 0.717) is 17.5 Å². The molecular formula is C19H22F6N3O4P. The molecule has 1 spiro atoms. The summed E-state index contributed by atoms with van der Waals surface area (Å²) >= 11 is 0. The van der Waals surface area contributed by atoms with Crippen LogP contribution in [0.2, 0.25) is 0 Å². The Labute approximate surface area is 185 Å². The number of pyridine rings is 1. The van der Waals surface area contributed by atoms with E-state index in [1.165, 1.54) is 6.20 Å². The molecule has 1 aliphatic heterocycles. The van der Waals surface area contributed by atoms with Gasteiger partial charge in [-0.2, -0.15) is 26.3 Å². The minimum absolute atomic E-state index is 0.121. The molecule has 1 atom stereocenters. The molecule has 1 aromatic rings. The fraction of sp³-hybridized carbons (Fsp3) is 0.632. The van der Waals surface area contributed by atoms with E-state index in [9.17, 15) is 40.5 Å². The molecule has 2 fully saturated rings. The largest absolute Gasteiger partial charge is 0.434 e. The van der Waals surface area contributed by atoms with Crippen LogP contribution in [0.3, 0.4) is 0 Å². The van der Waals surface area contributed by atoms with E-state index >= 15 is 0 Å². The molecule has 3 rings (SSSR count). The van der Waals surface area contributed by atoms with Gasteiger partial charge in [-0.1, -0.05) is 0 Å². The van der Waals surface area contributed by atoms with Crippen molar-refractivity contribution in [3.8, 4) is 0 Å². The molecular weight excluding hydrogens is 479 g/mol. The van der Waals surface area contributed by atoms with Crippen molar-refractivity contribution in [1.82, 2.24) is 9.88 Å². The van der Waals surface area contributed by atoms with Crippen molar-refractivity contribution >= 4 is 30.3 Å². The van der Waals surface area contributed by atoms with Crippen molar-refractivity contribution in [2.45, 2.75) is 37.7 Å². The van der Waals surface area contributed by atoms with Gasteiger partial charge in [0, 0.05) is 19.0 Å². The first kappa shape index (κ1) is 25.3. The van der Waals surface area contributed by atoms with Gasteiger partial charge in [-0.15, -0.1) is 0 Å². The van der Waals surface area contributed by atoms with E-state index in [1.807, 2.05) is 0 Å². The predicted molar refractivity (Wildman–Crippen MR) is 106 cm³/mol. The summed E-state index contributed by atoms with van der Waals surface area (Å²) < 4.78 is 91.3. The van der Waals surface area contributed by atoms with Gasteiger partial charge in [-0.05, 0) is 50.1 Å². The lowest BCUT2D eigenvalue weighted by Crippen LogP contribution is -2.49. The minimum atomic E-state index is -5.77. The molecule has 184 valence electrons. The number of hydrogen-bond acceptors (Lipinski definition) is 5. The van der Waals surface area contributed by atoms with Crippen LogP contribution in [-0.4, -0.2) is 66.8 Å². The van der Waals surface area contributed by atoms with Crippen LogP contribution in [0, 0.1) is 11.3 Å². The summed E-state index contributed by atoms with van der Waals surface area (Å²) in [6.45, 7) is 2.89. The molecule has 2 amide bonds. The van der Waals surface area contributed by atoms with Crippen LogP contribution in [0.25, 0.3) is 0 Å². The van der Waals surface area contributed by atoms with Crippen LogP contribution in [0.15, 0.2) is 18.3 Å². The molecule has 2 heterocycles. The number of carbonyl (C=O) groups excluding carboxylic acids is 2. The second kappa shape index (κ2) is 8.48.